The quantitative estimate of drug-likeness (QED) is 0.875. The number of nitrogens with two attached hydrogens (primary N) is 1. The van der Waals surface area contributed by atoms with E-state index in [1.807, 2.05) is 0 Å². The minimum absolute atomic E-state index is 0.00959. The van der Waals surface area contributed by atoms with Crippen molar-refractivity contribution in [3.63, 3.8) is 0 Å². The van der Waals surface area contributed by atoms with Gasteiger partial charge in [0.25, 0.3) is 0 Å². The number of halogens is 4. The summed E-state index contributed by atoms with van der Waals surface area (Å²) in [4.78, 5) is 0. The average molecular weight is 320 g/mol. The van der Waals surface area contributed by atoms with Gasteiger partial charge in [0.05, 0.1) is 5.56 Å². The van der Waals surface area contributed by atoms with Crippen LogP contribution in [0.1, 0.15) is 5.69 Å². The van der Waals surface area contributed by atoms with Crippen molar-refractivity contribution in [3.8, 4) is 11.1 Å². The first-order valence-electron chi connectivity index (χ1n) is 4.96. The molecule has 0 bridgehead atoms. The second-order valence-corrected chi connectivity index (χ2v) is 4.65. The minimum atomic E-state index is -4.53. The molecule has 0 unspecified atom stereocenters. The van der Waals surface area contributed by atoms with Gasteiger partial charge in [-0.15, -0.1) is 0 Å². The van der Waals surface area contributed by atoms with E-state index in [-0.39, 0.29) is 11.4 Å². The third-order valence-corrected chi connectivity index (χ3v) is 3.02. The third-order valence-electron chi connectivity index (χ3n) is 2.49. The monoisotopic (exact) mass is 319 g/mol. The van der Waals surface area contributed by atoms with Crippen LogP contribution in [0.2, 0.25) is 0 Å². The number of nitrogens with zero attached hydrogens (tertiary/aromatic N) is 2. The maximum Gasteiger partial charge on any atom is 0.435 e. The molecule has 2 N–H and O–H groups in total. The Morgan fingerprint density at radius 2 is 1.78 bits per heavy atom. The maximum atomic E-state index is 12.9. The lowest BCUT2D eigenvalue weighted by Crippen LogP contribution is -2.08. The molecule has 3 nitrogen and oxygen atoms in total. The van der Waals surface area contributed by atoms with Crippen molar-refractivity contribution in [2.45, 2.75) is 6.18 Å². The molecule has 0 aliphatic heterocycles. The zero-order valence-electron chi connectivity index (χ0n) is 9.29. The highest BCUT2D eigenvalue weighted by Crippen LogP contribution is 2.39. The zero-order valence-corrected chi connectivity index (χ0v) is 10.9. The van der Waals surface area contributed by atoms with E-state index in [2.05, 4.69) is 21.0 Å². The zero-order chi connectivity index (χ0) is 13.5. The van der Waals surface area contributed by atoms with E-state index in [4.69, 9.17) is 5.73 Å². The summed E-state index contributed by atoms with van der Waals surface area (Å²) in [7, 11) is 1.38. The Hall–Kier alpha value is -1.50. The predicted octanol–water partition coefficient (Wildman–Crippen LogP) is 3.45. The fraction of sp³-hybridized carbons (Fsp3) is 0.182. The van der Waals surface area contributed by atoms with Crippen LogP contribution >= 0.6 is 15.9 Å². The highest BCUT2D eigenvalue weighted by molar-refractivity contribution is 9.10. The van der Waals surface area contributed by atoms with E-state index in [1.54, 1.807) is 24.3 Å². The van der Waals surface area contributed by atoms with Crippen LogP contribution in [0.15, 0.2) is 28.7 Å². The largest absolute Gasteiger partial charge is 0.435 e. The van der Waals surface area contributed by atoms with E-state index in [0.717, 1.165) is 9.15 Å². The number of nitrogen functional groups attached to an aromatic ring is 1. The molecular weight excluding hydrogens is 311 g/mol. The summed E-state index contributed by atoms with van der Waals surface area (Å²) in [5.41, 5.74) is 4.99. The van der Waals surface area contributed by atoms with Gasteiger partial charge in [-0.3, -0.25) is 4.68 Å². The van der Waals surface area contributed by atoms with Crippen LogP contribution in [0, 0.1) is 0 Å². The normalized spacial score (nSPS) is 11.8. The van der Waals surface area contributed by atoms with Crippen LogP contribution in [-0.2, 0) is 13.2 Å². The van der Waals surface area contributed by atoms with Crippen LogP contribution < -0.4 is 5.73 Å². The Bertz CT molecular complexity index is 572. The molecule has 0 saturated heterocycles. The molecule has 0 radical (unpaired) electrons. The van der Waals surface area contributed by atoms with E-state index in [9.17, 15) is 13.2 Å². The lowest BCUT2D eigenvalue weighted by molar-refractivity contribution is -0.140. The van der Waals surface area contributed by atoms with Crippen molar-refractivity contribution in [1.82, 2.24) is 9.78 Å². The first-order valence-corrected chi connectivity index (χ1v) is 5.75. The van der Waals surface area contributed by atoms with Crippen molar-refractivity contribution in [2.24, 2.45) is 7.05 Å². The molecule has 96 valence electrons. The van der Waals surface area contributed by atoms with E-state index in [1.165, 1.54) is 7.05 Å². The highest BCUT2D eigenvalue weighted by atomic mass is 79.9. The van der Waals surface area contributed by atoms with Crippen LogP contribution in [0.5, 0.6) is 0 Å². The molecule has 0 saturated carbocycles. The predicted molar refractivity (Wildman–Crippen MR) is 65.8 cm³/mol. The fourth-order valence-electron chi connectivity index (χ4n) is 1.64. The molecule has 0 aliphatic carbocycles. The van der Waals surface area contributed by atoms with Crippen LogP contribution in [0.4, 0.5) is 19.0 Å². The molecule has 0 fully saturated rings. The number of aryl methyl sites for hydroxylation is 1. The van der Waals surface area contributed by atoms with E-state index in [0.29, 0.717) is 5.56 Å². The summed E-state index contributed by atoms with van der Waals surface area (Å²) in [6.45, 7) is 0. The number of alkyl halides is 3. The van der Waals surface area contributed by atoms with Crippen molar-refractivity contribution >= 4 is 21.7 Å². The van der Waals surface area contributed by atoms with E-state index >= 15 is 0 Å². The van der Waals surface area contributed by atoms with Crippen LogP contribution in [0.3, 0.4) is 0 Å². The van der Waals surface area contributed by atoms with Gasteiger partial charge in [-0.2, -0.15) is 18.3 Å². The minimum Gasteiger partial charge on any atom is -0.383 e. The summed E-state index contributed by atoms with van der Waals surface area (Å²) in [5.74, 6) is -0.00959. The van der Waals surface area contributed by atoms with Crippen molar-refractivity contribution in [2.75, 3.05) is 5.73 Å². The summed E-state index contributed by atoms with van der Waals surface area (Å²) < 4.78 is 40.4. The van der Waals surface area contributed by atoms with Gasteiger partial charge in [0.15, 0.2) is 5.69 Å². The number of hydrogen-bond donors (Lipinski definition) is 1. The average Bonchev–Trinajstić information content (AvgIpc) is 2.57. The Labute approximate surface area is 110 Å². The molecular formula is C11H9BrF3N3. The molecule has 0 spiro atoms. The van der Waals surface area contributed by atoms with Gasteiger partial charge in [0.2, 0.25) is 0 Å². The first-order chi connectivity index (χ1) is 8.30. The third kappa shape index (κ3) is 2.22. The van der Waals surface area contributed by atoms with Gasteiger partial charge in [-0.1, -0.05) is 28.1 Å². The Morgan fingerprint density at radius 3 is 2.28 bits per heavy atom. The second kappa shape index (κ2) is 4.31. The molecule has 7 heteroatoms. The molecule has 2 aromatic rings. The molecule has 1 aromatic carbocycles. The summed E-state index contributed by atoms with van der Waals surface area (Å²) in [6.07, 6.45) is -4.53. The fourth-order valence-corrected chi connectivity index (χ4v) is 1.90. The summed E-state index contributed by atoms with van der Waals surface area (Å²) >= 11 is 3.23. The van der Waals surface area contributed by atoms with Gasteiger partial charge in [0, 0.05) is 11.5 Å². The highest BCUT2D eigenvalue weighted by Gasteiger charge is 2.38. The lowest BCUT2D eigenvalue weighted by atomic mass is 10.1. The summed E-state index contributed by atoms with van der Waals surface area (Å²) in [5, 5.41) is 3.44. The first kappa shape index (κ1) is 12.9. The number of aromatic nitrogens is 2. The van der Waals surface area contributed by atoms with Crippen molar-refractivity contribution in [1.29, 1.82) is 0 Å². The standard InChI is InChI=1S/C11H9BrF3N3/c1-18-10(16)8(9(17-18)11(13,14)15)6-2-4-7(12)5-3-6/h2-5H,16H2,1H3. The molecule has 1 aromatic heterocycles. The van der Waals surface area contributed by atoms with Gasteiger partial charge in [0.1, 0.15) is 5.82 Å². The number of benzene rings is 1. The van der Waals surface area contributed by atoms with Crippen LogP contribution in [0.25, 0.3) is 11.1 Å². The Morgan fingerprint density at radius 1 is 1.22 bits per heavy atom. The Kier molecular flexibility index (Phi) is 3.10. The van der Waals surface area contributed by atoms with Gasteiger partial charge < -0.3 is 5.73 Å². The lowest BCUT2D eigenvalue weighted by Gasteiger charge is -2.07. The second-order valence-electron chi connectivity index (χ2n) is 3.74. The van der Waals surface area contributed by atoms with Crippen molar-refractivity contribution < 1.29 is 13.2 Å². The maximum absolute atomic E-state index is 12.9. The molecule has 18 heavy (non-hydrogen) atoms. The number of anilines is 1. The number of hydrogen-bond acceptors (Lipinski definition) is 2. The molecule has 1 heterocycles. The topological polar surface area (TPSA) is 43.8 Å². The summed E-state index contributed by atoms with van der Waals surface area (Å²) in [6, 6.07) is 6.43. The molecule has 0 amide bonds. The Balaban J connectivity index is 2.66. The molecule has 0 atom stereocenters. The van der Waals surface area contributed by atoms with E-state index < -0.39 is 11.9 Å². The van der Waals surface area contributed by atoms with Gasteiger partial charge in [-0.25, -0.2) is 0 Å². The molecule has 2 rings (SSSR count). The molecule has 0 aliphatic rings. The van der Waals surface area contributed by atoms with Gasteiger partial charge >= 0.3 is 6.18 Å². The smallest absolute Gasteiger partial charge is 0.383 e. The number of rotatable bonds is 1. The SMILES string of the molecule is Cn1nc(C(F)(F)F)c(-c2ccc(Br)cc2)c1N. The van der Waals surface area contributed by atoms with Crippen molar-refractivity contribution in [3.05, 3.63) is 34.4 Å². The van der Waals surface area contributed by atoms with Crippen LogP contribution in [-0.4, -0.2) is 9.78 Å². The van der Waals surface area contributed by atoms with Gasteiger partial charge in [-0.05, 0) is 17.7 Å².